The Labute approximate surface area is 103 Å². The Morgan fingerprint density at radius 1 is 1.47 bits per heavy atom. The molecule has 0 saturated carbocycles. The first kappa shape index (κ1) is 12.6. The van der Waals surface area contributed by atoms with Crippen molar-refractivity contribution in [3.63, 3.8) is 0 Å². The number of fused-ring (bicyclic) bond motifs is 1. The highest BCUT2D eigenvalue weighted by Gasteiger charge is 2.19. The third-order valence-electron chi connectivity index (χ3n) is 3.51. The fourth-order valence-corrected chi connectivity index (χ4v) is 2.42. The first-order valence-electron chi connectivity index (χ1n) is 6.50. The van der Waals surface area contributed by atoms with Crippen LogP contribution in [0.3, 0.4) is 0 Å². The average molecular weight is 234 g/mol. The van der Waals surface area contributed by atoms with Gasteiger partial charge in [0.25, 0.3) is 0 Å². The molecule has 3 N–H and O–H groups in total. The van der Waals surface area contributed by atoms with Crippen LogP contribution in [-0.4, -0.2) is 24.3 Å². The van der Waals surface area contributed by atoms with Crippen LogP contribution in [0.4, 0.5) is 0 Å². The molecule has 0 fully saturated rings. The summed E-state index contributed by atoms with van der Waals surface area (Å²) in [6, 6.07) is 9.13. The molecular formula is C14H22N2O. The Kier molecular flexibility index (Phi) is 4.54. The van der Waals surface area contributed by atoms with E-state index in [2.05, 4.69) is 41.8 Å². The Bertz CT molecular complexity index is 350. The molecule has 0 aromatic heterocycles. The molecule has 0 spiro atoms. The highest BCUT2D eigenvalue weighted by molar-refractivity contribution is 5.31. The number of rotatable bonds is 4. The van der Waals surface area contributed by atoms with E-state index in [9.17, 15) is 5.11 Å². The minimum absolute atomic E-state index is 0.200. The number of aliphatic hydroxyl groups excluding tert-OH is 1. The quantitative estimate of drug-likeness (QED) is 0.741. The van der Waals surface area contributed by atoms with Gasteiger partial charge in [-0.2, -0.15) is 0 Å². The Balaban J connectivity index is 2.16. The van der Waals surface area contributed by atoms with Gasteiger partial charge in [-0.25, -0.2) is 0 Å². The van der Waals surface area contributed by atoms with Crippen molar-refractivity contribution < 1.29 is 5.11 Å². The van der Waals surface area contributed by atoms with E-state index in [1.54, 1.807) is 0 Å². The monoisotopic (exact) mass is 234 g/mol. The summed E-state index contributed by atoms with van der Waals surface area (Å²) in [5.41, 5.74) is 2.75. The summed E-state index contributed by atoms with van der Waals surface area (Å²) < 4.78 is 0. The molecule has 0 radical (unpaired) electrons. The molecule has 1 aliphatic heterocycles. The molecule has 3 nitrogen and oxygen atoms in total. The van der Waals surface area contributed by atoms with Gasteiger partial charge in [-0.3, -0.25) is 0 Å². The van der Waals surface area contributed by atoms with Gasteiger partial charge in [0.2, 0.25) is 0 Å². The summed E-state index contributed by atoms with van der Waals surface area (Å²) >= 11 is 0. The van der Waals surface area contributed by atoms with Crippen molar-refractivity contribution in [2.24, 2.45) is 0 Å². The van der Waals surface area contributed by atoms with E-state index in [-0.39, 0.29) is 12.6 Å². The minimum Gasteiger partial charge on any atom is -0.395 e. The van der Waals surface area contributed by atoms with Gasteiger partial charge in [0, 0.05) is 18.6 Å². The van der Waals surface area contributed by atoms with Crippen molar-refractivity contribution in [3.05, 3.63) is 35.4 Å². The SMILES string of the molecule is CCC(CO)NC1CCNCc2ccccc21. The molecule has 1 aliphatic rings. The zero-order valence-electron chi connectivity index (χ0n) is 10.4. The molecule has 1 heterocycles. The van der Waals surface area contributed by atoms with Crippen LogP contribution in [0.5, 0.6) is 0 Å². The maximum Gasteiger partial charge on any atom is 0.0584 e. The number of benzene rings is 1. The van der Waals surface area contributed by atoms with E-state index in [1.165, 1.54) is 11.1 Å². The van der Waals surface area contributed by atoms with E-state index in [4.69, 9.17) is 0 Å². The van der Waals surface area contributed by atoms with Crippen LogP contribution in [0.25, 0.3) is 0 Å². The van der Waals surface area contributed by atoms with E-state index < -0.39 is 0 Å². The van der Waals surface area contributed by atoms with Crippen LogP contribution in [0.1, 0.15) is 36.9 Å². The fraction of sp³-hybridized carbons (Fsp3) is 0.571. The van der Waals surface area contributed by atoms with E-state index in [0.29, 0.717) is 6.04 Å². The second-order valence-corrected chi connectivity index (χ2v) is 4.67. The summed E-state index contributed by atoms with van der Waals surface area (Å²) in [7, 11) is 0. The van der Waals surface area contributed by atoms with E-state index >= 15 is 0 Å². The first-order valence-corrected chi connectivity index (χ1v) is 6.50. The Hall–Kier alpha value is -0.900. The third-order valence-corrected chi connectivity index (χ3v) is 3.51. The number of hydrogen-bond acceptors (Lipinski definition) is 3. The number of aliphatic hydroxyl groups is 1. The lowest BCUT2D eigenvalue weighted by Crippen LogP contribution is -2.35. The van der Waals surface area contributed by atoms with Gasteiger partial charge in [-0.15, -0.1) is 0 Å². The first-order chi connectivity index (χ1) is 8.35. The highest BCUT2D eigenvalue weighted by Crippen LogP contribution is 2.24. The molecule has 0 amide bonds. The zero-order chi connectivity index (χ0) is 12.1. The maximum atomic E-state index is 9.30. The molecule has 0 aliphatic carbocycles. The molecule has 1 aromatic rings. The van der Waals surface area contributed by atoms with Crippen LogP contribution in [-0.2, 0) is 6.54 Å². The van der Waals surface area contributed by atoms with Gasteiger partial charge >= 0.3 is 0 Å². The highest BCUT2D eigenvalue weighted by atomic mass is 16.3. The largest absolute Gasteiger partial charge is 0.395 e. The molecule has 1 aromatic carbocycles. The van der Waals surface area contributed by atoms with Crippen molar-refractivity contribution >= 4 is 0 Å². The van der Waals surface area contributed by atoms with Crippen LogP contribution in [0.2, 0.25) is 0 Å². The molecule has 2 rings (SSSR count). The summed E-state index contributed by atoms with van der Waals surface area (Å²) in [6.45, 7) is 4.29. The summed E-state index contributed by atoms with van der Waals surface area (Å²) in [5.74, 6) is 0. The number of hydrogen-bond donors (Lipinski definition) is 3. The summed E-state index contributed by atoms with van der Waals surface area (Å²) in [5, 5.41) is 16.3. The standard InChI is InChI=1S/C14H22N2O/c1-2-12(10-17)16-14-7-8-15-9-11-5-3-4-6-13(11)14/h3-6,12,14-17H,2,7-10H2,1H3. The summed E-state index contributed by atoms with van der Waals surface area (Å²) in [6.07, 6.45) is 2.04. The van der Waals surface area contributed by atoms with Gasteiger partial charge in [0.1, 0.15) is 0 Å². The predicted octanol–water partition coefficient (Wildman–Crippen LogP) is 1.58. The van der Waals surface area contributed by atoms with Crippen LogP contribution >= 0.6 is 0 Å². The van der Waals surface area contributed by atoms with Gasteiger partial charge in [0.05, 0.1) is 6.61 Å². The van der Waals surface area contributed by atoms with Gasteiger partial charge < -0.3 is 15.7 Å². The van der Waals surface area contributed by atoms with Crippen molar-refractivity contribution in [1.82, 2.24) is 10.6 Å². The van der Waals surface area contributed by atoms with Crippen LogP contribution < -0.4 is 10.6 Å². The van der Waals surface area contributed by atoms with Crippen molar-refractivity contribution in [3.8, 4) is 0 Å². The van der Waals surface area contributed by atoms with Crippen molar-refractivity contribution in [2.75, 3.05) is 13.2 Å². The Morgan fingerprint density at radius 3 is 3.06 bits per heavy atom. The van der Waals surface area contributed by atoms with Gasteiger partial charge in [0.15, 0.2) is 0 Å². The molecular weight excluding hydrogens is 212 g/mol. The van der Waals surface area contributed by atoms with Gasteiger partial charge in [-0.1, -0.05) is 31.2 Å². The zero-order valence-corrected chi connectivity index (χ0v) is 10.4. The molecule has 94 valence electrons. The summed E-state index contributed by atoms with van der Waals surface area (Å²) in [4.78, 5) is 0. The van der Waals surface area contributed by atoms with Crippen LogP contribution in [0.15, 0.2) is 24.3 Å². The minimum atomic E-state index is 0.200. The van der Waals surface area contributed by atoms with Crippen molar-refractivity contribution in [2.45, 2.75) is 38.4 Å². The average Bonchev–Trinajstić information content (AvgIpc) is 2.58. The lowest BCUT2D eigenvalue weighted by atomic mass is 9.98. The molecule has 17 heavy (non-hydrogen) atoms. The molecule has 3 heteroatoms. The molecule has 2 unspecified atom stereocenters. The molecule has 0 bridgehead atoms. The predicted molar refractivity (Wildman–Crippen MR) is 69.8 cm³/mol. The normalized spacial score (nSPS) is 21.6. The lowest BCUT2D eigenvalue weighted by molar-refractivity contribution is 0.226. The second kappa shape index (κ2) is 6.15. The lowest BCUT2D eigenvalue weighted by Gasteiger charge is -2.24. The second-order valence-electron chi connectivity index (χ2n) is 4.67. The van der Waals surface area contributed by atoms with Gasteiger partial charge in [-0.05, 0) is 30.5 Å². The maximum absolute atomic E-state index is 9.30. The number of nitrogens with one attached hydrogen (secondary N) is 2. The fourth-order valence-electron chi connectivity index (χ4n) is 2.42. The Morgan fingerprint density at radius 2 is 2.29 bits per heavy atom. The smallest absolute Gasteiger partial charge is 0.0584 e. The van der Waals surface area contributed by atoms with E-state index in [0.717, 1.165) is 25.9 Å². The van der Waals surface area contributed by atoms with Crippen molar-refractivity contribution in [1.29, 1.82) is 0 Å². The molecule has 2 atom stereocenters. The third kappa shape index (κ3) is 3.06. The topological polar surface area (TPSA) is 44.3 Å². The molecule has 0 saturated heterocycles. The van der Waals surface area contributed by atoms with E-state index in [1.807, 2.05) is 0 Å². The van der Waals surface area contributed by atoms with Crippen LogP contribution in [0, 0.1) is 0 Å².